The number of anilines is 1. The van der Waals surface area contributed by atoms with Crippen molar-refractivity contribution in [3.05, 3.63) is 24.0 Å². The van der Waals surface area contributed by atoms with Crippen LogP contribution in [0.25, 0.3) is 5.65 Å². The van der Waals surface area contributed by atoms with Crippen LogP contribution in [-0.4, -0.2) is 36.0 Å². The van der Waals surface area contributed by atoms with Crippen LogP contribution >= 0.6 is 0 Å². The summed E-state index contributed by atoms with van der Waals surface area (Å²) in [5.74, 6) is 0.852. The third-order valence-electron chi connectivity index (χ3n) is 3.20. The molecule has 0 fully saturated rings. The fourth-order valence-corrected chi connectivity index (χ4v) is 2.62. The summed E-state index contributed by atoms with van der Waals surface area (Å²) in [7, 11) is -1.04. The van der Waals surface area contributed by atoms with Crippen molar-refractivity contribution in [3.8, 4) is 0 Å². The Morgan fingerprint density at radius 2 is 2.19 bits per heavy atom. The molecule has 7 heteroatoms. The maximum absolute atomic E-state index is 5.92. The van der Waals surface area contributed by atoms with Gasteiger partial charge in [-0.1, -0.05) is 19.6 Å². The SMILES string of the molecule is CC(N)c1cc(NCOCC[Si](C)(C)C)n2nccc2n1. The normalized spacial score (nSPS) is 13.6. The number of aromatic nitrogens is 3. The van der Waals surface area contributed by atoms with Crippen molar-refractivity contribution in [1.29, 1.82) is 0 Å². The van der Waals surface area contributed by atoms with Crippen molar-refractivity contribution in [2.24, 2.45) is 5.73 Å². The molecule has 0 aliphatic heterocycles. The van der Waals surface area contributed by atoms with Gasteiger partial charge in [-0.05, 0) is 13.0 Å². The third-order valence-corrected chi connectivity index (χ3v) is 4.90. The second kappa shape index (κ2) is 6.55. The van der Waals surface area contributed by atoms with Gasteiger partial charge in [0.1, 0.15) is 12.5 Å². The van der Waals surface area contributed by atoms with Gasteiger partial charge in [0.2, 0.25) is 0 Å². The van der Waals surface area contributed by atoms with Crippen LogP contribution in [0.2, 0.25) is 25.7 Å². The minimum absolute atomic E-state index is 0.113. The molecule has 0 aromatic carbocycles. The van der Waals surface area contributed by atoms with E-state index in [9.17, 15) is 0 Å². The summed E-state index contributed by atoms with van der Waals surface area (Å²) in [5.41, 5.74) is 7.55. The number of rotatable bonds is 7. The molecular weight excluding hydrogens is 282 g/mol. The second-order valence-corrected chi connectivity index (χ2v) is 12.1. The van der Waals surface area contributed by atoms with E-state index in [0.29, 0.717) is 6.73 Å². The Morgan fingerprint density at radius 3 is 2.86 bits per heavy atom. The highest BCUT2D eigenvalue weighted by atomic mass is 28.3. The lowest BCUT2D eigenvalue weighted by Gasteiger charge is -2.16. The summed E-state index contributed by atoms with van der Waals surface area (Å²) in [6.45, 7) is 10.2. The minimum atomic E-state index is -1.04. The van der Waals surface area contributed by atoms with Crippen molar-refractivity contribution in [3.63, 3.8) is 0 Å². The summed E-state index contributed by atoms with van der Waals surface area (Å²) < 4.78 is 7.43. The van der Waals surface area contributed by atoms with Crippen LogP contribution in [0.1, 0.15) is 18.7 Å². The van der Waals surface area contributed by atoms with E-state index in [1.54, 1.807) is 10.7 Å². The topological polar surface area (TPSA) is 77.5 Å². The van der Waals surface area contributed by atoms with E-state index in [4.69, 9.17) is 10.5 Å². The molecule has 21 heavy (non-hydrogen) atoms. The summed E-state index contributed by atoms with van der Waals surface area (Å²) >= 11 is 0. The first-order chi connectivity index (χ1) is 9.87. The predicted octanol–water partition coefficient (Wildman–Crippen LogP) is 2.47. The highest BCUT2D eigenvalue weighted by Crippen LogP contribution is 2.16. The van der Waals surface area contributed by atoms with Gasteiger partial charge in [0.05, 0.1) is 11.9 Å². The number of nitrogens with zero attached hydrogens (tertiary/aromatic N) is 3. The molecule has 3 N–H and O–H groups in total. The molecule has 0 bridgehead atoms. The summed E-state index contributed by atoms with van der Waals surface area (Å²) in [5, 5.41) is 7.51. The zero-order valence-electron chi connectivity index (χ0n) is 13.3. The zero-order valence-corrected chi connectivity index (χ0v) is 14.3. The summed E-state index contributed by atoms with van der Waals surface area (Å²) in [6.07, 6.45) is 1.73. The second-order valence-electron chi connectivity index (χ2n) is 6.50. The molecule has 0 saturated carbocycles. The van der Waals surface area contributed by atoms with Gasteiger partial charge >= 0.3 is 0 Å². The Bertz CT molecular complexity index is 591. The van der Waals surface area contributed by atoms with E-state index in [1.165, 1.54) is 0 Å². The number of nitrogens with one attached hydrogen (secondary N) is 1. The van der Waals surface area contributed by atoms with Crippen LogP contribution in [0.15, 0.2) is 18.3 Å². The average molecular weight is 307 g/mol. The molecule has 6 nitrogen and oxygen atoms in total. The molecule has 1 unspecified atom stereocenters. The number of hydrogen-bond acceptors (Lipinski definition) is 5. The molecule has 0 aliphatic carbocycles. The van der Waals surface area contributed by atoms with E-state index in [2.05, 4.69) is 35.0 Å². The number of ether oxygens (including phenoxy) is 1. The monoisotopic (exact) mass is 307 g/mol. The van der Waals surface area contributed by atoms with E-state index in [0.717, 1.165) is 29.8 Å². The summed E-state index contributed by atoms with van der Waals surface area (Å²) in [6, 6.07) is 4.83. The van der Waals surface area contributed by atoms with Crippen LogP contribution in [0, 0.1) is 0 Å². The molecule has 2 aromatic heterocycles. The Balaban J connectivity index is 1.99. The van der Waals surface area contributed by atoms with E-state index < -0.39 is 8.07 Å². The molecule has 0 aliphatic rings. The molecule has 1 atom stereocenters. The molecule has 2 rings (SSSR count). The van der Waals surface area contributed by atoms with Crippen LogP contribution in [0.3, 0.4) is 0 Å². The van der Waals surface area contributed by atoms with Gasteiger partial charge < -0.3 is 15.8 Å². The lowest BCUT2D eigenvalue weighted by atomic mass is 10.2. The number of hydrogen-bond donors (Lipinski definition) is 2. The molecule has 2 heterocycles. The molecule has 0 amide bonds. The highest BCUT2D eigenvalue weighted by Gasteiger charge is 2.12. The Hall–Kier alpha value is -1.44. The maximum Gasteiger partial charge on any atom is 0.157 e. The third kappa shape index (κ3) is 4.52. The van der Waals surface area contributed by atoms with E-state index in [1.807, 2.05) is 19.1 Å². The predicted molar refractivity (Wildman–Crippen MR) is 88.2 cm³/mol. The fourth-order valence-electron chi connectivity index (χ4n) is 1.87. The van der Waals surface area contributed by atoms with Gasteiger partial charge in [-0.15, -0.1) is 0 Å². The van der Waals surface area contributed by atoms with Crippen LogP contribution in [-0.2, 0) is 4.74 Å². The van der Waals surface area contributed by atoms with Crippen molar-refractivity contribution < 1.29 is 4.74 Å². The average Bonchev–Trinajstić information content (AvgIpc) is 2.84. The van der Waals surface area contributed by atoms with Crippen LogP contribution in [0.5, 0.6) is 0 Å². The van der Waals surface area contributed by atoms with Crippen molar-refractivity contribution >= 4 is 19.5 Å². The van der Waals surface area contributed by atoms with Crippen molar-refractivity contribution in [2.75, 3.05) is 18.7 Å². The maximum atomic E-state index is 5.92. The lowest BCUT2D eigenvalue weighted by molar-refractivity contribution is 0.165. The van der Waals surface area contributed by atoms with E-state index in [-0.39, 0.29) is 6.04 Å². The fraction of sp³-hybridized carbons (Fsp3) is 0.571. The minimum Gasteiger partial charge on any atom is -0.362 e. The van der Waals surface area contributed by atoms with Gasteiger partial charge in [-0.2, -0.15) is 9.61 Å². The molecule has 0 spiro atoms. The molecule has 116 valence electrons. The first-order valence-electron chi connectivity index (χ1n) is 7.29. The lowest BCUT2D eigenvalue weighted by Crippen LogP contribution is -2.22. The largest absolute Gasteiger partial charge is 0.362 e. The number of nitrogens with two attached hydrogens (primary N) is 1. The summed E-state index contributed by atoms with van der Waals surface area (Å²) in [4.78, 5) is 4.47. The van der Waals surface area contributed by atoms with Crippen molar-refractivity contribution in [2.45, 2.75) is 38.7 Å². The quantitative estimate of drug-likeness (QED) is 0.467. The van der Waals surface area contributed by atoms with Gasteiger partial charge in [-0.3, -0.25) is 0 Å². The Morgan fingerprint density at radius 1 is 1.43 bits per heavy atom. The Kier molecular flexibility index (Phi) is 4.97. The molecule has 2 aromatic rings. The first-order valence-corrected chi connectivity index (χ1v) is 11.0. The van der Waals surface area contributed by atoms with Crippen LogP contribution < -0.4 is 11.1 Å². The van der Waals surface area contributed by atoms with Gasteiger partial charge in [0, 0.05) is 32.9 Å². The number of fused-ring (bicyclic) bond motifs is 1. The van der Waals surface area contributed by atoms with Crippen molar-refractivity contribution in [1.82, 2.24) is 14.6 Å². The van der Waals surface area contributed by atoms with Gasteiger partial charge in [0.25, 0.3) is 0 Å². The van der Waals surface area contributed by atoms with Gasteiger partial charge in [0.15, 0.2) is 5.65 Å². The smallest absolute Gasteiger partial charge is 0.157 e. The van der Waals surface area contributed by atoms with Crippen LogP contribution in [0.4, 0.5) is 5.82 Å². The molecular formula is C14H25N5OSi. The highest BCUT2D eigenvalue weighted by molar-refractivity contribution is 6.76. The zero-order chi connectivity index (χ0) is 15.5. The standard InChI is InChI=1S/C14H25N5OSi/c1-11(15)12-9-14(19-13(18-12)5-6-17-19)16-10-20-7-8-21(2,3)4/h5-6,9,11,16H,7-8,10,15H2,1-4H3. The Labute approximate surface area is 126 Å². The van der Waals surface area contributed by atoms with E-state index >= 15 is 0 Å². The molecule has 0 radical (unpaired) electrons. The molecule has 0 saturated heterocycles. The first kappa shape index (κ1) is 15.9. The van der Waals surface area contributed by atoms with Gasteiger partial charge in [-0.25, -0.2) is 4.98 Å².